The Hall–Kier alpha value is -3.04. The van der Waals surface area contributed by atoms with Gasteiger partial charge in [-0.05, 0) is 55.2 Å². The van der Waals surface area contributed by atoms with E-state index < -0.39 is 15.8 Å². The first-order chi connectivity index (χ1) is 16.8. The van der Waals surface area contributed by atoms with Crippen LogP contribution >= 0.6 is 0 Å². The standard InChI is InChI=1S/C26H30FN3O4S/c27-23-8-10-24(11-9-23)35(33,34)30-16-4-15-29(19-20-30)26(32)22-13-17-28(18-14-22)25(31)12-7-21-5-2-1-3-6-21/h1-3,5-12,22H,4,13-20H2/b12-7+. The Bertz CT molecular complexity index is 1160. The molecule has 2 heterocycles. The zero-order valence-electron chi connectivity index (χ0n) is 19.6. The van der Waals surface area contributed by atoms with Gasteiger partial charge in [0.05, 0.1) is 4.90 Å². The number of rotatable bonds is 5. The Labute approximate surface area is 205 Å². The molecule has 0 bridgehead atoms. The van der Waals surface area contributed by atoms with Gasteiger partial charge in [0.25, 0.3) is 0 Å². The molecular weight excluding hydrogens is 469 g/mol. The smallest absolute Gasteiger partial charge is 0.246 e. The van der Waals surface area contributed by atoms with Crippen molar-refractivity contribution in [2.75, 3.05) is 39.3 Å². The molecule has 4 rings (SSSR count). The zero-order valence-corrected chi connectivity index (χ0v) is 20.4. The highest BCUT2D eigenvalue weighted by molar-refractivity contribution is 7.89. The van der Waals surface area contributed by atoms with Gasteiger partial charge in [0.2, 0.25) is 21.8 Å². The van der Waals surface area contributed by atoms with Gasteiger partial charge in [-0.25, -0.2) is 12.8 Å². The molecule has 186 valence electrons. The van der Waals surface area contributed by atoms with Crippen LogP contribution in [0.3, 0.4) is 0 Å². The van der Waals surface area contributed by atoms with Gasteiger partial charge >= 0.3 is 0 Å². The van der Waals surface area contributed by atoms with Crippen molar-refractivity contribution in [1.82, 2.24) is 14.1 Å². The number of likely N-dealkylation sites (tertiary alicyclic amines) is 1. The lowest BCUT2D eigenvalue weighted by Gasteiger charge is -2.33. The fraction of sp³-hybridized carbons (Fsp3) is 0.385. The summed E-state index contributed by atoms with van der Waals surface area (Å²) in [5.41, 5.74) is 0.961. The molecule has 2 aromatic rings. The first-order valence-corrected chi connectivity index (χ1v) is 13.3. The SMILES string of the molecule is O=C(/C=C/c1ccccc1)N1CCC(C(=O)N2CCCN(S(=O)(=O)c3ccc(F)cc3)CC2)CC1. The van der Waals surface area contributed by atoms with Crippen LogP contribution in [0.25, 0.3) is 6.08 Å². The summed E-state index contributed by atoms with van der Waals surface area (Å²) in [4.78, 5) is 29.2. The fourth-order valence-corrected chi connectivity index (χ4v) is 6.02. The van der Waals surface area contributed by atoms with Gasteiger partial charge in [0, 0.05) is 51.3 Å². The summed E-state index contributed by atoms with van der Waals surface area (Å²) >= 11 is 0. The summed E-state index contributed by atoms with van der Waals surface area (Å²) < 4.78 is 40.4. The lowest BCUT2D eigenvalue weighted by molar-refractivity contribution is -0.139. The molecule has 2 aromatic carbocycles. The molecule has 0 aliphatic carbocycles. The third kappa shape index (κ3) is 6.15. The number of halogens is 1. The Morgan fingerprint density at radius 2 is 1.51 bits per heavy atom. The predicted octanol–water partition coefficient (Wildman–Crippen LogP) is 3.00. The monoisotopic (exact) mass is 499 g/mol. The van der Waals surface area contributed by atoms with Gasteiger partial charge in [0.1, 0.15) is 5.82 Å². The lowest BCUT2D eigenvalue weighted by Crippen LogP contribution is -2.45. The van der Waals surface area contributed by atoms with Gasteiger partial charge in [0.15, 0.2) is 0 Å². The van der Waals surface area contributed by atoms with E-state index in [9.17, 15) is 22.4 Å². The van der Waals surface area contributed by atoms with Gasteiger partial charge in [-0.2, -0.15) is 4.31 Å². The largest absolute Gasteiger partial charge is 0.341 e. The molecule has 2 fully saturated rings. The van der Waals surface area contributed by atoms with E-state index in [0.29, 0.717) is 52.0 Å². The Morgan fingerprint density at radius 1 is 0.829 bits per heavy atom. The average molecular weight is 500 g/mol. The minimum atomic E-state index is -3.74. The van der Waals surface area contributed by atoms with Crippen molar-refractivity contribution in [1.29, 1.82) is 0 Å². The number of hydrogen-bond donors (Lipinski definition) is 0. The number of nitrogens with zero attached hydrogens (tertiary/aromatic N) is 3. The molecule has 35 heavy (non-hydrogen) atoms. The zero-order chi connectivity index (χ0) is 24.8. The molecule has 9 heteroatoms. The van der Waals surface area contributed by atoms with Crippen LogP contribution in [0.15, 0.2) is 65.6 Å². The molecule has 2 saturated heterocycles. The highest BCUT2D eigenvalue weighted by Gasteiger charge is 2.33. The molecule has 2 aliphatic heterocycles. The van der Waals surface area contributed by atoms with E-state index >= 15 is 0 Å². The number of amides is 2. The second-order valence-electron chi connectivity index (χ2n) is 8.88. The van der Waals surface area contributed by atoms with Crippen molar-refractivity contribution in [2.45, 2.75) is 24.2 Å². The van der Waals surface area contributed by atoms with E-state index in [1.807, 2.05) is 30.3 Å². The maximum atomic E-state index is 13.2. The lowest BCUT2D eigenvalue weighted by atomic mass is 9.95. The third-order valence-corrected chi connectivity index (χ3v) is 8.50. The summed E-state index contributed by atoms with van der Waals surface area (Å²) in [5.74, 6) is -0.692. The van der Waals surface area contributed by atoms with Crippen LogP contribution in [0, 0.1) is 11.7 Å². The van der Waals surface area contributed by atoms with Crippen LogP contribution in [0.1, 0.15) is 24.8 Å². The minimum absolute atomic E-state index is 0.0259. The highest BCUT2D eigenvalue weighted by atomic mass is 32.2. The molecule has 0 atom stereocenters. The number of hydrogen-bond acceptors (Lipinski definition) is 4. The second-order valence-corrected chi connectivity index (χ2v) is 10.8. The summed E-state index contributed by atoms with van der Waals surface area (Å²) in [6.07, 6.45) is 5.09. The molecule has 2 amide bonds. The number of carbonyl (C=O) groups is 2. The molecule has 0 radical (unpaired) electrons. The van der Waals surface area contributed by atoms with Crippen molar-refractivity contribution in [3.05, 3.63) is 72.1 Å². The number of piperidine rings is 1. The van der Waals surface area contributed by atoms with Gasteiger partial charge in [-0.3, -0.25) is 9.59 Å². The number of carbonyl (C=O) groups excluding carboxylic acids is 2. The maximum absolute atomic E-state index is 13.2. The first-order valence-electron chi connectivity index (χ1n) is 11.9. The minimum Gasteiger partial charge on any atom is -0.341 e. The normalized spacial score (nSPS) is 18.5. The molecule has 0 aromatic heterocycles. The van der Waals surface area contributed by atoms with E-state index in [1.165, 1.54) is 16.4 Å². The van der Waals surface area contributed by atoms with Crippen molar-refractivity contribution >= 4 is 27.9 Å². The molecular formula is C26H30FN3O4S. The van der Waals surface area contributed by atoms with Crippen LogP contribution in [-0.4, -0.2) is 73.6 Å². The summed E-state index contributed by atoms with van der Waals surface area (Å²) in [7, 11) is -3.74. The van der Waals surface area contributed by atoms with Crippen LogP contribution in [0.5, 0.6) is 0 Å². The number of sulfonamides is 1. The van der Waals surface area contributed by atoms with Crippen LogP contribution in [-0.2, 0) is 19.6 Å². The first kappa shape index (κ1) is 25.1. The van der Waals surface area contributed by atoms with Crippen molar-refractivity contribution in [3.63, 3.8) is 0 Å². The van der Waals surface area contributed by atoms with E-state index in [1.54, 1.807) is 22.0 Å². The van der Waals surface area contributed by atoms with Gasteiger partial charge in [-0.1, -0.05) is 30.3 Å². The van der Waals surface area contributed by atoms with E-state index in [0.717, 1.165) is 17.7 Å². The molecule has 7 nitrogen and oxygen atoms in total. The van der Waals surface area contributed by atoms with Gasteiger partial charge < -0.3 is 9.80 Å². The summed E-state index contributed by atoms with van der Waals surface area (Å²) in [5, 5.41) is 0. The molecule has 2 aliphatic rings. The third-order valence-electron chi connectivity index (χ3n) is 6.59. The Balaban J connectivity index is 1.29. The van der Waals surface area contributed by atoms with Crippen molar-refractivity contribution in [3.8, 4) is 0 Å². The molecule has 0 unspecified atom stereocenters. The predicted molar refractivity (Wildman–Crippen MR) is 131 cm³/mol. The second kappa shape index (κ2) is 11.1. The van der Waals surface area contributed by atoms with Crippen molar-refractivity contribution < 1.29 is 22.4 Å². The molecule has 0 saturated carbocycles. The van der Waals surface area contributed by atoms with E-state index in [4.69, 9.17) is 0 Å². The van der Waals surface area contributed by atoms with Crippen LogP contribution < -0.4 is 0 Å². The van der Waals surface area contributed by atoms with Gasteiger partial charge in [-0.15, -0.1) is 0 Å². The fourth-order valence-electron chi connectivity index (χ4n) is 4.55. The summed E-state index contributed by atoms with van der Waals surface area (Å²) in [6, 6.07) is 14.4. The number of benzene rings is 2. The Kier molecular flexibility index (Phi) is 7.97. The average Bonchev–Trinajstić information content (AvgIpc) is 3.15. The van der Waals surface area contributed by atoms with Crippen LogP contribution in [0.2, 0.25) is 0 Å². The quantitative estimate of drug-likeness (QED) is 0.593. The maximum Gasteiger partial charge on any atom is 0.246 e. The van der Waals surface area contributed by atoms with E-state index in [2.05, 4.69) is 0 Å². The molecule has 0 N–H and O–H groups in total. The highest BCUT2D eigenvalue weighted by Crippen LogP contribution is 2.23. The topological polar surface area (TPSA) is 78.0 Å². The van der Waals surface area contributed by atoms with Crippen LogP contribution in [0.4, 0.5) is 4.39 Å². The van der Waals surface area contributed by atoms with Crippen molar-refractivity contribution in [2.24, 2.45) is 5.92 Å². The van der Waals surface area contributed by atoms with E-state index in [-0.39, 0.29) is 29.2 Å². The summed E-state index contributed by atoms with van der Waals surface area (Å²) in [6.45, 7) is 2.36. The Morgan fingerprint density at radius 3 is 2.20 bits per heavy atom. The molecule has 0 spiro atoms.